The summed E-state index contributed by atoms with van der Waals surface area (Å²) in [5.41, 5.74) is 2.53. The predicted molar refractivity (Wildman–Crippen MR) is 109 cm³/mol. The van der Waals surface area contributed by atoms with Crippen LogP contribution in [0.3, 0.4) is 0 Å². The van der Waals surface area contributed by atoms with Crippen molar-refractivity contribution in [2.24, 2.45) is 0 Å². The molecule has 2 aromatic carbocycles. The Kier molecular flexibility index (Phi) is 5.09. The van der Waals surface area contributed by atoms with Crippen molar-refractivity contribution in [3.8, 4) is 16.9 Å². The van der Waals surface area contributed by atoms with Gasteiger partial charge in [-0.15, -0.1) is 11.3 Å². The predicted octanol–water partition coefficient (Wildman–Crippen LogP) is 4.21. The first-order valence-corrected chi connectivity index (χ1v) is 9.65. The third-order valence-corrected chi connectivity index (χ3v) is 5.67. The molecule has 0 saturated carbocycles. The number of nitrogens with one attached hydrogen (secondary N) is 1. The first kappa shape index (κ1) is 17.6. The number of carbonyl (C=O) groups is 1. The Labute approximate surface area is 161 Å². The van der Waals surface area contributed by atoms with E-state index in [1.165, 1.54) is 11.3 Å². The van der Waals surface area contributed by atoms with Gasteiger partial charge in [0.1, 0.15) is 5.75 Å². The lowest BCUT2D eigenvalue weighted by Gasteiger charge is -2.28. The number of para-hydroxylation sites is 2. The molecule has 0 unspecified atom stereocenters. The lowest BCUT2D eigenvalue weighted by molar-refractivity contribution is 0.103. The van der Waals surface area contributed by atoms with Crippen LogP contribution < -0.4 is 10.2 Å². The summed E-state index contributed by atoms with van der Waals surface area (Å²) in [7, 11) is 0. The van der Waals surface area contributed by atoms with Gasteiger partial charge in [0.15, 0.2) is 0 Å². The fraction of sp³-hybridized carbons (Fsp3) is 0.190. The van der Waals surface area contributed by atoms with Crippen LogP contribution in [-0.2, 0) is 4.74 Å². The summed E-state index contributed by atoms with van der Waals surface area (Å²) in [6.45, 7) is 2.98. The summed E-state index contributed by atoms with van der Waals surface area (Å²) in [6, 6.07) is 18.7. The molecule has 0 bridgehead atoms. The molecule has 0 aliphatic carbocycles. The van der Waals surface area contributed by atoms with Gasteiger partial charge in [-0.05, 0) is 23.8 Å². The average molecular weight is 380 g/mol. The number of phenolic OH excluding ortho intramolecular Hbond substituents is 1. The van der Waals surface area contributed by atoms with Gasteiger partial charge in [-0.3, -0.25) is 4.79 Å². The van der Waals surface area contributed by atoms with Crippen LogP contribution in [0.25, 0.3) is 11.1 Å². The number of amides is 1. The van der Waals surface area contributed by atoms with E-state index in [1.807, 2.05) is 24.3 Å². The third-order valence-electron chi connectivity index (χ3n) is 4.47. The maximum atomic E-state index is 12.8. The molecule has 0 atom stereocenters. The zero-order valence-electron chi connectivity index (χ0n) is 14.7. The van der Waals surface area contributed by atoms with Gasteiger partial charge in [0, 0.05) is 18.7 Å². The molecule has 0 spiro atoms. The monoisotopic (exact) mass is 380 g/mol. The van der Waals surface area contributed by atoms with E-state index >= 15 is 0 Å². The number of nitrogens with zero attached hydrogens (tertiary/aromatic N) is 1. The zero-order chi connectivity index (χ0) is 18.6. The lowest BCUT2D eigenvalue weighted by Crippen LogP contribution is -2.35. The fourth-order valence-electron chi connectivity index (χ4n) is 3.08. The highest BCUT2D eigenvalue weighted by molar-refractivity contribution is 7.18. The van der Waals surface area contributed by atoms with Crippen molar-refractivity contribution < 1.29 is 14.6 Å². The SMILES string of the molecule is O=C(Nc1ccccc1O)c1cc(-c2ccccc2)c(N2CCOCC2)s1. The minimum atomic E-state index is -0.224. The standard InChI is InChI=1S/C21H20N2O3S/c24-18-9-5-4-8-17(18)22-20(25)19-14-16(15-6-2-1-3-7-15)21(27-19)23-10-12-26-13-11-23/h1-9,14,24H,10-13H2,(H,22,25). The zero-order valence-corrected chi connectivity index (χ0v) is 15.5. The van der Waals surface area contributed by atoms with E-state index in [-0.39, 0.29) is 11.7 Å². The molecule has 1 aliphatic rings. The maximum Gasteiger partial charge on any atom is 0.265 e. The number of anilines is 2. The van der Waals surface area contributed by atoms with Gasteiger partial charge in [-0.25, -0.2) is 0 Å². The molecular weight excluding hydrogens is 360 g/mol. The molecule has 1 fully saturated rings. The van der Waals surface area contributed by atoms with Crippen LogP contribution in [0.1, 0.15) is 9.67 Å². The Morgan fingerprint density at radius 3 is 2.48 bits per heavy atom. The minimum Gasteiger partial charge on any atom is -0.506 e. The lowest BCUT2D eigenvalue weighted by atomic mass is 10.1. The Morgan fingerprint density at radius 2 is 1.74 bits per heavy atom. The highest BCUT2D eigenvalue weighted by Crippen LogP contribution is 2.39. The number of hydrogen-bond acceptors (Lipinski definition) is 5. The van der Waals surface area contributed by atoms with Gasteiger partial charge in [-0.2, -0.15) is 0 Å². The summed E-state index contributed by atoms with van der Waals surface area (Å²) in [5, 5.41) is 13.8. The van der Waals surface area contributed by atoms with Crippen molar-refractivity contribution >= 4 is 27.9 Å². The largest absolute Gasteiger partial charge is 0.506 e. The number of thiophene rings is 1. The van der Waals surface area contributed by atoms with E-state index < -0.39 is 0 Å². The molecule has 1 amide bonds. The highest BCUT2D eigenvalue weighted by Gasteiger charge is 2.22. The summed E-state index contributed by atoms with van der Waals surface area (Å²) in [6.07, 6.45) is 0. The van der Waals surface area contributed by atoms with E-state index in [0.717, 1.165) is 29.2 Å². The van der Waals surface area contributed by atoms with Crippen LogP contribution in [0.4, 0.5) is 10.7 Å². The maximum absolute atomic E-state index is 12.8. The molecule has 6 heteroatoms. The quantitative estimate of drug-likeness (QED) is 0.666. The van der Waals surface area contributed by atoms with E-state index in [1.54, 1.807) is 24.3 Å². The number of ether oxygens (including phenoxy) is 1. The molecule has 2 N–H and O–H groups in total. The molecular formula is C21H20N2O3S. The third kappa shape index (κ3) is 3.82. The molecule has 0 radical (unpaired) electrons. The van der Waals surface area contributed by atoms with E-state index in [0.29, 0.717) is 23.8 Å². The van der Waals surface area contributed by atoms with Gasteiger partial charge < -0.3 is 20.1 Å². The number of aromatic hydroxyl groups is 1. The molecule has 1 aromatic heterocycles. The molecule has 5 nitrogen and oxygen atoms in total. The van der Waals surface area contributed by atoms with Gasteiger partial charge in [-0.1, -0.05) is 42.5 Å². The summed E-state index contributed by atoms with van der Waals surface area (Å²) in [4.78, 5) is 15.7. The molecule has 3 aromatic rings. The summed E-state index contributed by atoms with van der Waals surface area (Å²) in [5.74, 6) is -0.169. The molecule has 1 saturated heterocycles. The topological polar surface area (TPSA) is 61.8 Å². The number of rotatable bonds is 4. The van der Waals surface area contributed by atoms with Crippen LogP contribution in [0.2, 0.25) is 0 Å². The number of hydrogen-bond donors (Lipinski definition) is 2. The van der Waals surface area contributed by atoms with Crippen LogP contribution in [0, 0.1) is 0 Å². The molecule has 2 heterocycles. The van der Waals surface area contributed by atoms with Crippen molar-refractivity contribution in [3.63, 3.8) is 0 Å². The Morgan fingerprint density at radius 1 is 1.04 bits per heavy atom. The van der Waals surface area contributed by atoms with Crippen LogP contribution >= 0.6 is 11.3 Å². The van der Waals surface area contributed by atoms with Crippen LogP contribution in [0.5, 0.6) is 5.75 Å². The minimum absolute atomic E-state index is 0.0547. The van der Waals surface area contributed by atoms with Crippen molar-refractivity contribution in [3.05, 3.63) is 65.5 Å². The highest BCUT2D eigenvalue weighted by atomic mass is 32.1. The first-order valence-electron chi connectivity index (χ1n) is 8.83. The van der Waals surface area contributed by atoms with Crippen LogP contribution in [0.15, 0.2) is 60.7 Å². The summed E-state index contributed by atoms with van der Waals surface area (Å²) >= 11 is 1.47. The normalized spacial score (nSPS) is 14.1. The molecule has 4 rings (SSSR count). The van der Waals surface area contributed by atoms with Gasteiger partial charge in [0.2, 0.25) is 0 Å². The average Bonchev–Trinajstić information content (AvgIpc) is 3.17. The molecule has 1 aliphatic heterocycles. The van der Waals surface area contributed by atoms with Crippen LogP contribution in [-0.4, -0.2) is 37.3 Å². The van der Waals surface area contributed by atoms with E-state index in [9.17, 15) is 9.90 Å². The summed E-state index contributed by atoms with van der Waals surface area (Å²) < 4.78 is 5.47. The first-order chi connectivity index (χ1) is 13.2. The number of phenols is 1. The van der Waals surface area contributed by atoms with E-state index in [2.05, 4.69) is 22.3 Å². The molecule has 27 heavy (non-hydrogen) atoms. The second-order valence-corrected chi connectivity index (χ2v) is 7.30. The Hall–Kier alpha value is -2.83. The fourth-order valence-corrected chi connectivity index (χ4v) is 4.21. The number of benzene rings is 2. The van der Waals surface area contributed by atoms with Gasteiger partial charge in [0.25, 0.3) is 5.91 Å². The van der Waals surface area contributed by atoms with Crippen molar-refractivity contribution in [2.45, 2.75) is 0 Å². The number of carbonyl (C=O) groups excluding carboxylic acids is 1. The van der Waals surface area contributed by atoms with Gasteiger partial charge >= 0.3 is 0 Å². The Balaban J connectivity index is 1.68. The smallest absolute Gasteiger partial charge is 0.265 e. The number of morpholine rings is 1. The Bertz CT molecular complexity index is 934. The second kappa shape index (κ2) is 7.82. The van der Waals surface area contributed by atoms with Crippen molar-refractivity contribution in [1.82, 2.24) is 0 Å². The van der Waals surface area contributed by atoms with Crippen molar-refractivity contribution in [2.75, 3.05) is 36.5 Å². The molecule has 138 valence electrons. The second-order valence-electron chi connectivity index (χ2n) is 6.27. The van der Waals surface area contributed by atoms with E-state index in [4.69, 9.17) is 4.74 Å². The van der Waals surface area contributed by atoms with Gasteiger partial charge in [0.05, 0.1) is 28.8 Å². The van der Waals surface area contributed by atoms with Crippen molar-refractivity contribution in [1.29, 1.82) is 0 Å².